The summed E-state index contributed by atoms with van der Waals surface area (Å²) in [6, 6.07) is 5.88. The number of nitrogens with one attached hydrogen (secondary N) is 1. The molecule has 0 aliphatic rings. The van der Waals surface area contributed by atoms with Crippen molar-refractivity contribution < 1.29 is 0 Å². The van der Waals surface area contributed by atoms with E-state index in [0.717, 1.165) is 10.6 Å². The van der Waals surface area contributed by atoms with Crippen LogP contribution in [0.5, 0.6) is 0 Å². The Bertz CT molecular complexity index is 553. The van der Waals surface area contributed by atoms with Gasteiger partial charge >= 0.3 is 0 Å². The lowest BCUT2D eigenvalue weighted by Crippen LogP contribution is -2.38. The van der Waals surface area contributed by atoms with E-state index in [0.29, 0.717) is 10.0 Å². The Hall–Kier alpha value is -0.610. The second kappa shape index (κ2) is 5.80. The molecule has 102 valence electrons. The molecule has 1 heterocycles. The molecule has 0 amide bonds. The van der Waals surface area contributed by atoms with Crippen molar-refractivity contribution in [1.29, 1.82) is 0 Å². The Morgan fingerprint density at radius 1 is 1.26 bits per heavy atom. The maximum absolute atomic E-state index is 6.06. The first-order valence-corrected chi connectivity index (χ1v) is 7.66. The largest absolute Gasteiger partial charge is 0.299 e. The zero-order valence-corrected chi connectivity index (χ0v) is 13.4. The van der Waals surface area contributed by atoms with Gasteiger partial charge < -0.3 is 0 Å². The molecule has 1 unspecified atom stereocenters. The van der Waals surface area contributed by atoms with Crippen molar-refractivity contribution in [3.63, 3.8) is 0 Å². The van der Waals surface area contributed by atoms with Gasteiger partial charge in [-0.1, -0.05) is 29.3 Å². The second-order valence-corrected chi connectivity index (χ2v) is 6.71. The minimum absolute atomic E-state index is 0.161. The van der Waals surface area contributed by atoms with Crippen LogP contribution in [0.3, 0.4) is 0 Å². The van der Waals surface area contributed by atoms with Gasteiger partial charge in [0, 0.05) is 17.6 Å². The van der Waals surface area contributed by atoms with Gasteiger partial charge in [-0.05, 0) is 38.5 Å². The first kappa shape index (κ1) is 14.8. The van der Waals surface area contributed by atoms with E-state index in [4.69, 9.17) is 23.2 Å². The number of thiazole rings is 1. The predicted octanol–water partition coefficient (Wildman–Crippen LogP) is 5.04. The van der Waals surface area contributed by atoms with Crippen molar-refractivity contribution >= 4 is 34.5 Å². The van der Waals surface area contributed by atoms with Crippen molar-refractivity contribution in [2.24, 2.45) is 0 Å². The highest BCUT2D eigenvalue weighted by molar-refractivity contribution is 7.09. The normalized spacial score (nSPS) is 13.5. The minimum Gasteiger partial charge on any atom is -0.299 e. The van der Waals surface area contributed by atoms with E-state index in [1.54, 1.807) is 11.3 Å². The summed E-state index contributed by atoms with van der Waals surface area (Å²) in [4.78, 5) is 4.38. The number of aromatic nitrogens is 1. The van der Waals surface area contributed by atoms with E-state index in [1.807, 2.05) is 29.8 Å². The van der Waals surface area contributed by atoms with Gasteiger partial charge in [-0.3, -0.25) is 5.32 Å². The maximum Gasteiger partial charge on any atom is 0.112 e. The fourth-order valence-electron chi connectivity index (χ4n) is 2.00. The molecule has 1 N–H and O–H groups in total. The number of hydrogen-bond acceptors (Lipinski definition) is 3. The molecule has 1 aromatic heterocycles. The van der Waals surface area contributed by atoms with Crippen LogP contribution in [0.1, 0.15) is 37.4 Å². The van der Waals surface area contributed by atoms with Gasteiger partial charge in [0.2, 0.25) is 0 Å². The second-order valence-electron chi connectivity index (χ2n) is 5.00. The molecular weight excluding hydrogens is 299 g/mol. The summed E-state index contributed by atoms with van der Waals surface area (Å²) in [6.45, 7) is 6.36. The Labute approximate surface area is 127 Å². The number of rotatable bonds is 4. The summed E-state index contributed by atoms with van der Waals surface area (Å²) >= 11 is 13.6. The number of hydrogen-bond donors (Lipinski definition) is 1. The molecule has 2 nitrogen and oxygen atoms in total. The first-order valence-electron chi connectivity index (χ1n) is 6.03. The first-order chi connectivity index (χ1) is 8.90. The molecule has 1 atom stereocenters. The maximum atomic E-state index is 6.06. The van der Waals surface area contributed by atoms with E-state index < -0.39 is 0 Å². The summed E-state index contributed by atoms with van der Waals surface area (Å²) in [5.41, 5.74) is 0.929. The lowest BCUT2D eigenvalue weighted by Gasteiger charge is -2.28. The lowest BCUT2D eigenvalue weighted by molar-refractivity contribution is 0.356. The molecule has 0 radical (unpaired) electrons. The summed E-state index contributed by atoms with van der Waals surface area (Å²) in [5, 5.41) is 7.79. The Morgan fingerprint density at radius 3 is 2.58 bits per heavy atom. The molecule has 2 aromatic rings. The third-order valence-electron chi connectivity index (χ3n) is 2.99. The van der Waals surface area contributed by atoms with E-state index in [-0.39, 0.29) is 11.6 Å². The molecular formula is C14H16Cl2N2S. The Kier molecular flexibility index (Phi) is 4.51. The van der Waals surface area contributed by atoms with Crippen LogP contribution in [0.15, 0.2) is 29.8 Å². The van der Waals surface area contributed by atoms with Crippen LogP contribution in [-0.4, -0.2) is 4.98 Å². The quantitative estimate of drug-likeness (QED) is 0.855. The Morgan fingerprint density at radius 2 is 2.00 bits per heavy atom. The SMILES string of the molecule is CC(NC(C)(C)c1nccs1)c1ccc(Cl)c(Cl)c1. The average Bonchev–Trinajstić information content (AvgIpc) is 2.86. The van der Waals surface area contributed by atoms with E-state index in [1.165, 1.54) is 0 Å². The van der Waals surface area contributed by atoms with Crippen molar-refractivity contribution in [3.8, 4) is 0 Å². The van der Waals surface area contributed by atoms with Crippen LogP contribution in [0.2, 0.25) is 10.0 Å². The molecule has 1 aromatic carbocycles. The molecule has 0 spiro atoms. The summed E-state index contributed by atoms with van der Waals surface area (Å²) in [5.74, 6) is 0. The van der Waals surface area contributed by atoms with Gasteiger partial charge in [0.25, 0.3) is 0 Å². The smallest absolute Gasteiger partial charge is 0.112 e. The number of benzene rings is 1. The van der Waals surface area contributed by atoms with Crippen LogP contribution < -0.4 is 5.32 Å². The molecule has 0 aliphatic carbocycles. The average molecular weight is 315 g/mol. The molecule has 19 heavy (non-hydrogen) atoms. The summed E-state index contributed by atoms with van der Waals surface area (Å²) in [7, 11) is 0. The van der Waals surface area contributed by atoms with E-state index in [9.17, 15) is 0 Å². The third-order valence-corrected chi connectivity index (χ3v) is 4.82. The van der Waals surface area contributed by atoms with Crippen LogP contribution in [0.25, 0.3) is 0 Å². The van der Waals surface area contributed by atoms with Crippen LogP contribution in [-0.2, 0) is 5.54 Å². The van der Waals surface area contributed by atoms with Crippen molar-refractivity contribution in [3.05, 3.63) is 50.4 Å². The number of nitrogens with zero attached hydrogens (tertiary/aromatic N) is 1. The van der Waals surface area contributed by atoms with Crippen molar-refractivity contribution in [2.45, 2.75) is 32.4 Å². The van der Waals surface area contributed by atoms with Crippen LogP contribution in [0.4, 0.5) is 0 Å². The van der Waals surface area contributed by atoms with Crippen molar-refractivity contribution in [2.75, 3.05) is 0 Å². The molecule has 0 saturated carbocycles. The highest BCUT2D eigenvalue weighted by atomic mass is 35.5. The monoisotopic (exact) mass is 314 g/mol. The highest BCUT2D eigenvalue weighted by Gasteiger charge is 2.25. The zero-order valence-electron chi connectivity index (χ0n) is 11.1. The lowest BCUT2D eigenvalue weighted by atomic mass is 10.0. The fraction of sp³-hybridized carbons (Fsp3) is 0.357. The molecule has 5 heteroatoms. The minimum atomic E-state index is -0.181. The van der Waals surface area contributed by atoms with Gasteiger partial charge in [-0.15, -0.1) is 11.3 Å². The topological polar surface area (TPSA) is 24.9 Å². The zero-order chi connectivity index (χ0) is 14.0. The fourth-order valence-corrected chi connectivity index (χ4v) is 3.03. The van der Waals surface area contributed by atoms with E-state index in [2.05, 4.69) is 31.1 Å². The van der Waals surface area contributed by atoms with Gasteiger partial charge in [0.15, 0.2) is 0 Å². The molecule has 0 fully saturated rings. The van der Waals surface area contributed by atoms with Gasteiger partial charge in [0.05, 0.1) is 15.6 Å². The molecule has 0 bridgehead atoms. The number of halogens is 2. The van der Waals surface area contributed by atoms with Gasteiger partial charge in [-0.25, -0.2) is 4.98 Å². The summed E-state index contributed by atoms with van der Waals surface area (Å²) in [6.07, 6.45) is 1.83. The summed E-state index contributed by atoms with van der Waals surface area (Å²) < 4.78 is 0. The third kappa shape index (κ3) is 3.48. The van der Waals surface area contributed by atoms with Crippen molar-refractivity contribution in [1.82, 2.24) is 10.3 Å². The molecule has 2 rings (SSSR count). The van der Waals surface area contributed by atoms with E-state index >= 15 is 0 Å². The van der Waals surface area contributed by atoms with Gasteiger partial charge in [0.1, 0.15) is 5.01 Å². The predicted molar refractivity (Wildman–Crippen MR) is 83.2 cm³/mol. The molecule has 0 saturated heterocycles. The van der Waals surface area contributed by atoms with Gasteiger partial charge in [-0.2, -0.15) is 0 Å². The van der Waals surface area contributed by atoms with Crippen LogP contribution >= 0.6 is 34.5 Å². The highest BCUT2D eigenvalue weighted by Crippen LogP contribution is 2.29. The van der Waals surface area contributed by atoms with Crippen LogP contribution in [0, 0.1) is 0 Å². The standard InChI is InChI=1S/C14H16Cl2N2S/c1-9(10-4-5-11(15)12(16)8-10)18-14(2,3)13-17-6-7-19-13/h4-9,18H,1-3H3. The molecule has 0 aliphatic heterocycles. The Balaban J connectivity index is 2.16.